The predicted molar refractivity (Wildman–Crippen MR) is 78.9 cm³/mol. The number of rotatable bonds is 5. The summed E-state index contributed by atoms with van der Waals surface area (Å²) in [6.07, 6.45) is 2.80. The van der Waals surface area contributed by atoms with E-state index in [1.54, 1.807) is 0 Å². The minimum absolute atomic E-state index is 0.00149. The first-order valence-electron chi connectivity index (χ1n) is 7.07. The lowest BCUT2D eigenvalue weighted by molar-refractivity contribution is 0.0540. The normalized spacial score (nSPS) is 13.9. The van der Waals surface area contributed by atoms with Crippen molar-refractivity contribution in [2.24, 2.45) is 5.41 Å². The zero-order valence-corrected chi connectivity index (χ0v) is 12.5. The van der Waals surface area contributed by atoms with Crippen LogP contribution in [-0.4, -0.2) is 11.2 Å². The molecule has 1 aromatic carbocycles. The number of aliphatic hydroxyl groups is 1. The number of benzene rings is 1. The molecular formula is C17H28O. The standard InChI is InChI=1S/C17H28O/c1-13(2)15-11-9-14(10-12-15)7-6-8-16(18)17(3,4)5/h9-13,16,18H,6-8H2,1-5H3. The highest BCUT2D eigenvalue weighted by molar-refractivity contribution is 5.24. The third-order valence-electron chi connectivity index (χ3n) is 3.59. The van der Waals surface area contributed by atoms with Gasteiger partial charge in [0.25, 0.3) is 0 Å². The second kappa shape index (κ2) is 6.38. The van der Waals surface area contributed by atoms with Crippen molar-refractivity contribution < 1.29 is 5.11 Å². The fourth-order valence-electron chi connectivity index (χ4n) is 2.00. The van der Waals surface area contributed by atoms with Crippen LogP contribution in [0.15, 0.2) is 24.3 Å². The molecule has 0 radical (unpaired) electrons. The van der Waals surface area contributed by atoms with E-state index in [2.05, 4.69) is 58.9 Å². The van der Waals surface area contributed by atoms with Gasteiger partial charge in [-0.2, -0.15) is 0 Å². The molecule has 0 fully saturated rings. The maximum Gasteiger partial charge on any atom is 0.0588 e. The van der Waals surface area contributed by atoms with E-state index in [1.807, 2.05) is 0 Å². The lowest BCUT2D eigenvalue weighted by Crippen LogP contribution is -2.25. The van der Waals surface area contributed by atoms with Crippen molar-refractivity contribution in [1.82, 2.24) is 0 Å². The molecule has 0 aromatic heterocycles. The van der Waals surface area contributed by atoms with Crippen LogP contribution >= 0.6 is 0 Å². The minimum Gasteiger partial charge on any atom is -0.393 e. The van der Waals surface area contributed by atoms with Gasteiger partial charge in [0.1, 0.15) is 0 Å². The second-order valence-electron chi connectivity index (χ2n) is 6.67. The molecule has 0 aliphatic rings. The maximum atomic E-state index is 9.98. The smallest absolute Gasteiger partial charge is 0.0588 e. The molecule has 1 aromatic rings. The Morgan fingerprint density at radius 1 is 1.06 bits per heavy atom. The molecule has 1 heteroatoms. The summed E-state index contributed by atoms with van der Waals surface area (Å²) < 4.78 is 0. The molecule has 0 aliphatic carbocycles. The van der Waals surface area contributed by atoms with Gasteiger partial charge in [0, 0.05) is 0 Å². The van der Waals surface area contributed by atoms with E-state index < -0.39 is 0 Å². The molecule has 0 saturated heterocycles. The van der Waals surface area contributed by atoms with E-state index in [0.29, 0.717) is 5.92 Å². The Kier molecular flexibility index (Phi) is 5.40. The zero-order valence-electron chi connectivity index (χ0n) is 12.5. The summed E-state index contributed by atoms with van der Waals surface area (Å²) in [6.45, 7) is 10.7. The molecule has 1 N–H and O–H groups in total. The zero-order chi connectivity index (χ0) is 13.8. The minimum atomic E-state index is -0.201. The first kappa shape index (κ1) is 15.2. The van der Waals surface area contributed by atoms with Gasteiger partial charge in [-0.1, -0.05) is 58.9 Å². The third-order valence-corrected chi connectivity index (χ3v) is 3.59. The number of aryl methyl sites for hydroxylation is 1. The van der Waals surface area contributed by atoms with Crippen LogP contribution in [0.3, 0.4) is 0 Å². The molecule has 1 nitrogen and oxygen atoms in total. The molecule has 0 heterocycles. The number of hydrogen-bond acceptors (Lipinski definition) is 1. The SMILES string of the molecule is CC(C)c1ccc(CCCC(O)C(C)(C)C)cc1. The van der Waals surface area contributed by atoms with Crippen molar-refractivity contribution in [1.29, 1.82) is 0 Å². The molecule has 0 spiro atoms. The van der Waals surface area contributed by atoms with Gasteiger partial charge < -0.3 is 5.11 Å². The lowest BCUT2D eigenvalue weighted by Gasteiger charge is -2.25. The second-order valence-corrected chi connectivity index (χ2v) is 6.67. The number of hydrogen-bond donors (Lipinski definition) is 1. The van der Waals surface area contributed by atoms with E-state index in [9.17, 15) is 5.11 Å². The Morgan fingerprint density at radius 2 is 1.61 bits per heavy atom. The van der Waals surface area contributed by atoms with Crippen molar-refractivity contribution >= 4 is 0 Å². The average Bonchev–Trinajstić information content (AvgIpc) is 2.28. The van der Waals surface area contributed by atoms with Gasteiger partial charge in [0.2, 0.25) is 0 Å². The summed E-state index contributed by atoms with van der Waals surface area (Å²) >= 11 is 0. The molecule has 1 unspecified atom stereocenters. The van der Waals surface area contributed by atoms with Crippen LogP contribution in [0.4, 0.5) is 0 Å². The largest absolute Gasteiger partial charge is 0.393 e. The van der Waals surface area contributed by atoms with Crippen LogP contribution in [0.2, 0.25) is 0 Å². The van der Waals surface area contributed by atoms with Crippen LogP contribution in [0.5, 0.6) is 0 Å². The van der Waals surface area contributed by atoms with Crippen LogP contribution in [-0.2, 0) is 6.42 Å². The van der Waals surface area contributed by atoms with Crippen molar-refractivity contribution in [3.8, 4) is 0 Å². The molecule has 0 aliphatic heterocycles. The highest BCUT2D eigenvalue weighted by Crippen LogP contribution is 2.23. The molecule has 0 amide bonds. The summed E-state index contributed by atoms with van der Waals surface area (Å²) in [7, 11) is 0. The van der Waals surface area contributed by atoms with E-state index in [-0.39, 0.29) is 11.5 Å². The monoisotopic (exact) mass is 248 g/mol. The van der Waals surface area contributed by atoms with E-state index in [4.69, 9.17) is 0 Å². The summed E-state index contributed by atoms with van der Waals surface area (Å²) in [4.78, 5) is 0. The Morgan fingerprint density at radius 3 is 2.06 bits per heavy atom. The Balaban J connectivity index is 2.40. The van der Waals surface area contributed by atoms with Crippen molar-refractivity contribution in [3.05, 3.63) is 35.4 Å². The van der Waals surface area contributed by atoms with Gasteiger partial charge in [-0.05, 0) is 41.7 Å². The maximum absolute atomic E-state index is 9.98. The molecule has 102 valence electrons. The predicted octanol–water partition coefficient (Wildman–Crippen LogP) is 4.54. The summed E-state index contributed by atoms with van der Waals surface area (Å²) in [6, 6.07) is 8.89. The van der Waals surface area contributed by atoms with Gasteiger partial charge in [0.15, 0.2) is 0 Å². The van der Waals surface area contributed by atoms with Gasteiger partial charge in [-0.3, -0.25) is 0 Å². The topological polar surface area (TPSA) is 20.2 Å². The Bertz CT molecular complexity index is 343. The highest BCUT2D eigenvalue weighted by atomic mass is 16.3. The molecule has 1 atom stereocenters. The lowest BCUT2D eigenvalue weighted by atomic mass is 9.86. The Hall–Kier alpha value is -0.820. The fraction of sp³-hybridized carbons (Fsp3) is 0.647. The van der Waals surface area contributed by atoms with Crippen molar-refractivity contribution in [2.45, 2.75) is 65.9 Å². The quantitative estimate of drug-likeness (QED) is 0.811. The van der Waals surface area contributed by atoms with Gasteiger partial charge in [-0.15, -0.1) is 0 Å². The Labute approximate surface area is 112 Å². The molecule has 0 saturated carbocycles. The average molecular weight is 248 g/mol. The van der Waals surface area contributed by atoms with Gasteiger partial charge >= 0.3 is 0 Å². The van der Waals surface area contributed by atoms with Crippen molar-refractivity contribution in [3.63, 3.8) is 0 Å². The van der Waals surface area contributed by atoms with Crippen molar-refractivity contribution in [2.75, 3.05) is 0 Å². The molecule has 0 bridgehead atoms. The van der Waals surface area contributed by atoms with Gasteiger partial charge in [-0.25, -0.2) is 0 Å². The van der Waals surface area contributed by atoms with Gasteiger partial charge in [0.05, 0.1) is 6.10 Å². The van der Waals surface area contributed by atoms with E-state index >= 15 is 0 Å². The summed E-state index contributed by atoms with van der Waals surface area (Å²) in [5.74, 6) is 0.599. The van der Waals surface area contributed by atoms with Crippen LogP contribution in [0.1, 0.15) is 64.5 Å². The van der Waals surface area contributed by atoms with E-state index in [1.165, 1.54) is 11.1 Å². The van der Waals surface area contributed by atoms with Crippen LogP contribution < -0.4 is 0 Å². The number of aliphatic hydroxyl groups excluding tert-OH is 1. The van der Waals surface area contributed by atoms with Crippen LogP contribution in [0.25, 0.3) is 0 Å². The highest BCUT2D eigenvalue weighted by Gasteiger charge is 2.21. The first-order chi connectivity index (χ1) is 8.30. The van der Waals surface area contributed by atoms with Crippen LogP contribution in [0, 0.1) is 5.41 Å². The summed E-state index contributed by atoms with van der Waals surface area (Å²) in [5, 5.41) is 9.98. The van der Waals surface area contributed by atoms with E-state index in [0.717, 1.165) is 19.3 Å². The molecule has 18 heavy (non-hydrogen) atoms. The fourth-order valence-corrected chi connectivity index (χ4v) is 2.00. The summed E-state index contributed by atoms with van der Waals surface area (Å²) in [5.41, 5.74) is 2.77. The third kappa shape index (κ3) is 4.81. The first-order valence-corrected chi connectivity index (χ1v) is 7.07. The molecular weight excluding hydrogens is 220 g/mol. The molecule has 1 rings (SSSR count).